The molecule has 3 heteroatoms. The van der Waals surface area contributed by atoms with E-state index in [0.29, 0.717) is 5.92 Å². The molecule has 0 amide bonds. The smallest absolute Gasteiger partial charge is 0.0492 e. The Balaban J connectivity index is 2.43. The second-order valence-electron chi connectivity index (χ2n) is 3.99. The number of para-hydroxylation sites is 1. The van der Waals surface area contributed by atoms with Crippen LogP contribution in [0.25, 0.3) is 10.9 Å². The molecule has 0 bridgehead atoms. The molecule has 2 rings (SSSR count). The Hall–Kier alpha value is -0.800. The second-order valence-corrected chi connectivity index (χ2v) is 4.84. The van der Waals surface area contributed by atoms with Crippen LogP contribution in [0.4, 0.5) is 0 Å². The zero-order valence-electron chi connectivity index (χ0n) is 8.78. The SMILES string of the molecule is CC(CN)Cn1cc(Br)c2ccccc21. The molecule has 0 saturated carbocycles. The number of rotatable bonds is 3. The van der Waals surface area contributed by atoms with E-state index in [-0.39, 0.29) is 0 Å². The topological polar surface area (TPSA) is 30.9 Å². The molecule has 0 aliphatic heterocycles. The van der Waals surface area contributed by atoms with Gasteiger partial charge in [-0.2, -0.15) is 0 Å². The van der Waals surface area contributed by atoms with E-state index in [1.165, 1.54) is 10.9 Å². The van der Waals surface area contributed by atoms with E-state index in [4.69, 9.17) is 5.73 Å². The lowest BCUT2D eigenvalue weighted by atomic mass is 10.2. The lowest BCUT2D eigenvalue weighted by Gasteiger charge is -2.10. The highest BCUT2D eigenvalue weighted by atomic mass is 79.9. The Bertz CT molecular complexity index is 462. The molecule has 0 radical (unpaired) electrons. The van der Waals surface area contributed by atoms with Crippen molar-refractivity contribution >= 4 is 26.8 Å². The Kier molecular flexibility index (Phi) is 3.12. The summed E-state index contributed by atoms with van der Waals surface area (Å²) in [5, 5.41) is 1.27. The van der Waals surface area contributed by atoms with Crippen LogP contribution in [0, 0.1) is 5.92 Å². The van der Waals surface area contributed by atoms with Crippen molar-refractivity contribution in [3.63, 3.8) is 0 Å². The van der Waals surface area contributed by atoms with Crippen molar-refractivity contribution in [1.29, 1.82) is 0 Å². The Morgan fingerprint density at radius 1 is 1.40 bits per heavy atom. The minimum Gasteiger partial charge on any atom is -0.346 e. The normalized spacial score (nSPS) is 13.3. The number of nitrogens with two attached hydrogens (primary N) is 1. The van der Waals surface area contributed by atoms with Crippen molar-refractivity contribution in [2.24, 2.45) is 11.7 Å². The number of aromatic nitrogens is 1. The van der Waals surface area contributed by atoms with Gasteiger partial charge in [-0.3, -0.25) is 0 Å². The van der Waals surface area contributed by atoms with Crippen LogP contribution in [0.15, 0.2) is 34.9 Å². The van der Waals surface area contributed by atoms with Crippen LogP contribution in [-0.2, 0) is 6.54 Å². The predicted molar refractivity (Wildman–Crippen MR) is 67.9 cm³/mol. The summed E-state index contributed by atoms with van der Waals surface area (Å²) in [7, 11) is 0. The van der Waals surface area contributed by atoms with E-state index in [1.54, 1.807) is 0 Å². The average molecular weight is 267 g/mol. The van der Waals surface area contributed by atoms with Gasteiger partial charge in [-0.05, 0) is 34.5 Å². The van der Waals surface area contributed by atoms with Crippen molar-refractivity contribution < 1.29 is 0 Å². The van der Waals surface area contributed by atoms with Gasteiger partial charge in [0.1, 0.15) is 0 Å². The number of nitrogens with zero attached hydrogens (tertiary/aromatic N) is 1. The molecule has 2 N–H and O–H groups in total. The Labute approximate surface area is 98.2 Å². The van der Waals surface area contributed by atoms with E-state index in [1.807, 2.05) is 0 Å². The Morgan fingerprint density at radius 2 is 2.13 bits per heavy atom. The minimum absolute atomic E-state index is 0.507. The zero-order chi connectivity index (χ0) is 10.8. The number of fused-ring (bicyclic) bond motifs is 1. The van der Waals surface area contributed by atoms with Crippen molar-refractivity contribution in [2.45, 2.75) is 13.5 Å². The number of hydrogen-bond donors (Lipinski definition) is 1. The second kappa shape index (κ2) is 4.37. The maximum atomic E-state index is 5.65. The van der Waals surface area contributed by atoms with Crippen LogP contribution >= 0.6 is 15.9 Å². The molecule has 1 atom stereocenters. The minimum atomic E-state index is 0.507. The summed E-state index contributed by atoms with van der Waals surface area (Å²) in [5.74, 6) is 0.507. The van der Waals surface area contributed by atoms with Crippen molar-refractivity contribution in [2.75, 3.05) is 6.54 Å². The number of hydrogen-bond acceptors (Lipinski definition) is 1. The summed E-state index contributed by atoms with van der Waals surface area (Å²) in [6.07, 6.45) is 2.14. The van der Waals surface area contributed by atoms with Gasteiger partial charge in [0.05, 0.1) is 0 Å². The molecule has 0 fully saturated rings. The number of halogens is 1. The first-order valence-corrected chi connectivity index (χ1v) is 5.95. The number of benzene rings is 1. The molecule has 0 spiro atoms. The third kappa shape index (κ3) is 2.08. The molecular weight excluding hydrogens is 252 g/mol. The summed E-state index contributed by atoms with van der Waals surface area (Å²) in [4.78, 5) is 0. The summed E-state index contributed by atoms with van der Waals surface area (Å²) in [5.41, 5.74) is 6.91. The molecule has 15 heavy (non-hydrogen) atoms. The van der Waals surface area contributed by atoms with Gasteiger partial charge in [-0.1, -0.05) is 25.1 Å². The van der Waals surface area contributed by atoms with E-state index in [2.05, 4.69) is 57.9 Å². The zero-order valence-corrected chi connectivity index (χ0v) is 10.4. The Morgan fingerprint density at radius 3 is 2.87 bits per heavy atom. The standard InChI is InChI=1S/C12H15BrN2/c1-9(6-14)7-15-8-11(13)10-4-2-3-5-12(10)15/h2-5,8-9H,6-7,14H2,1H3. The third-order valence-corrected chi connectivity index (χ3v) is 3.28. The third-order valence-electron chi connectivity index (χ3n) is 2.65. The van der Waals surface area contributed by atoms with Crippen molar-refractivity contribution in [1.82, 2.24) is 4.57 Å². The molecule has 1 heterocycles. The first kappa shape index (κ1) is 10.7. The van der Waals surface area contributed by atoms with E-state index in [9.17, 15) is 0 Å². The summed E-state index contributed by atoms with van der Waals surface area (Å²) < 4.78 is 3.42. The van der Waals surface area contributed by atoms with Crippen LogP contribution in [0.5, 0.6) is 0 Å². The molecule has 2 nitrogen and oxygen atoms in total. The first-order chi connectivity index (χ1) is 7.22. The van der Waals surface area contributed by atoms with Gasteiger partial charge in [-0.15, -0.1) is 0 Å². The van der Waals surface area contributed by atoms with E-state index < -0.39 is 0 Å². The van der Waals surface area contributed by atoms with Gasteiger partial charge < -0.3 is 10.3 Å². The van der Waals surface area contributed by atoms with Crippen molar-refractivity contribution in [3.8, 4) is 0 Å². The van der Waals surface area contributed by atoms with Crippen LogP contribution in [-0.4, -0.2) is 11.1 Å². The highest BCUT2D eigenvalue weighted by Crippen LogP contribution is 2.26. The monoisotopic (exact) mass is 266 g/mol. The van der Waals surface area contributed by atoms with Gasteiger partial charge >= 0.3 is 0 Å². The largest absolute Gasteiger partial charge is 0.346 e. The quantitative estimate of drug-likeness (QED) is 0.910. The molecule has 0 aliphatic rings. The van der Waals surface area contributed by atoms with Gasteiger partial charge in [-0.25, -0.2) is 0 Å². The van der Waals surface area contributed by atoms with Gasteiger partial charge in [0.15, 0.2) is 0 Å². The fourth-order valence-corrected chi connectivity index (χ4v) is 2.35. The summed E-state index contributed by atoms with van der Waals surface area (Å²) in [6, 6.07) is 8.40. The van der Waals surface area contributed by atoms with Crippen LogP contribution in [0.3, 0.4) is 0 Å². The summed E-state index contributed by atoms with van der Waals surface area (Å²) in [6.45, 7) is 3.87. The predicted octanol–water partition coefficient (Wildman–Crippen LogP) is 3.00. The van der Waals surface area contributed by atoms with Crippen molar-refractivity contribution in [3.05, 3.63) is 34.9 Å². The maximum absolute atomic E-state index is 5.65. The molecule has 1 aromatic heterocycles. The van der Waals surface area contributed by atoms with E-state index in [0.717, 1.165) is 17.6 Å². The molecule has 0 saturated heterocycles. The lowest BCUT2D eigenvalue weighted by molar-refractivity contribution is 0.501. The molecule has 0 aliphatic carbocycles. The molecule has 1 aromatic carbocycles. The first-order valence-electron chi connectivity index (χ1n) is 5.16. The highest BCUT2D eigenvalue weighted by Gasteiger charge is 2.07. The van der Waals surface area contributed by atoms with Gasteiger partial charge in [0.25, 0.3) is 0 Å². The average Bonchev–Trinajstić information content (AvgIpc) is 2.57. The summed E-state index contributed by atoms with van der Waals surface area (Å²) >= 11 is 3.58. The van der Waals surface area contributed by atoms with Crippen LogP contribution in [0.2, 0.25) is 0 Å². The highest BCUT2D eigenvalue weighted by molar-refractivity contribution is 9.10. The maximum Gasteiger partial charge on any atom is 0.0492 e. The fraction of sp³-hybridized carbons (Fsp3) is 0.333. The lowest BCUT2D eigenvalue weighted by Crippen LogP contribution is -2.16. The molecule has 1 unspecified atom stereocenters. The van der Waals surface area contributed by atoms with E-state index >= 15 is 0 Å². The van der Waals surface area contributed by atoms with Crippen LogP contribution < -0.4 is 5.73 Å². The van der Waals surface area contributed by atoms with Crippen LogP contribution in [0.1, 0.15) is 6.92 Å². The van der Waals surface area contributed by atoms with Gasteiger partial charge in [0, 0.05) is 28.1 Å². The molecule has 80 valence electrons. The van der Waals surface area contributed by atoms with Gasteiger partial charge in [0.2, 0.25) is 0 Å². The molecular formula is C12H15BrN2. The molecule has 2 aromatic rings. The fourth-order valence-electron chi connectivity index (χ4n) is 1.76.